The molecule has 1 fully saturated rings. The Morgan fingerprint density at radius 2 is 1.65 bits per heavy atom. The van der Waals surface area contributed by atoms with Gasteiger partial charge in [0.2, 0.25) is 5.91 Å². The minimum absolute atomic E-state index is 0.172. The second-order valence-corrected chi connectivity index (χ2v) is 8.35. The Balaban J connectivity index is 1.35. The fourth-order valence-corrected chi connectivity index (χ4v) is 4.16. The second kappa shape index (κ2) is 9.08. The number of hydrogen-bond donors (Lipinski definition) is 1. The first-order chi connectivity index (χ1) is 14.9. The molecule has 0 spiro atoms. The molecule has 0 unspecified atom stereocenters. The summed E-state index contributed by atoms with van der Waals surface area (Å²) >= 11 is 6.17. The number of rotatable bonds is 6. The van der Waals surface area contributed by atoms with Crippen LogP contribution in [0.3, 0.4) is 0 Å². The van der Waals surface area contributed by atoms with E-state index in [2.05, 4.69) is 22.2 Å². The number of halogens is 1. The van der Waals surface area contributed by atoms with E-state index in [1.54, 1.807) is 30.3 Å². The van der Waals surface area contributed by atoms with E-state index in [1.807, 2.05) is 12.1 Å². The molecule has 0 bridgehead atoms. The van der Waals surface area contributed by atoms with Gasteiger partial charge in [-0.1, -0.05) is 23.7 Å². The largest absolute Gasteiger partial charge is 0.367 e. The fraction of sp³-hybridized carbons (Fsp3) is 0.348. The average molecular weight is 441 g/mol. The van der Waals surface area contributed by atoms with Crippen molar-refractivity contribution in [3.63, 3.8) is 0 Å². The van der Waals surface area contributed by atoms with Crippen molar-refractivity contribution in [1.29, 1.82) is 0 Å². The zero-order valence-electron chi connectivity index (χ0n) is 17.4. The number of fused-ring (bicyclic) bond motifs is 1. The number of amides is 3. The molecule has 0 aromatic heterocycles. The summed E-state index contributed by atoms with van der Waals surface area (Å²) in [5.41, 5.74) is 2.48. The van der Waals surface area contributed by atoms with Gasteiger partial charge < -0.3 is 15.1 Å². The van der Waals surface area contributed by atoms with E-state index in [1.165, 1.54) is 4.90 Å². The van der Waals surface area contributed by atoms with Gasteiger partial charge in [-0.15, -0.1) is 0 Å². The van der Waals surface area contributed by atoms with Gasteiger partial charge in [0.25, 0.3) is 11.8 Å². The van der Waals surface area contributed by atoms with Gasteiger partial charge in [0.05, 0.1) is 22.5 Å². The number of likely N-dealkylation sites (N-methyl/N-ethyl adjacent to an activating group) is 1. The third-order valence-corrected chi connectivity index (χ3v) is 5.98. The molecule has 0 saturated carbocycles. The molecule has 0 atom stereocenters. The zero-order chi connectivity index (χ0) is 22.0. The van der Waals surface area contributed by atoms with Crippen molar-refractivity contribution >= 4 is 40.7 Å². The standard InChI is InChI=1S/C23H25ClN4O3/c1-26-11-13-27(14-12-26)20-9-8-16(24)15-19(20)25-21(29)7-4-10-28-22(30)17-5-2-3-6-18(17)23(28)31/h2-3,5-6,8-9,15H,4,7,10-14H2,1H3,(H,25,29). The molecule has 162 valence electrons. The summed E-state index contributed by atoms with van der Waals surface area (Å²) in [6.45, 7) is 3.87. The normalized spacial score (nSPS) is 16.6. The Morgan fingerprint density at radius 3 is 2.29 bits per heavy atom. The Labute approximate surface area is 186 Å². The van der Waals surface area contributed by atoms with Crippen LogP contribution in [-0.2, 0) is 4.79 Å². The Kier molecular flexibility index (Phi) is 6.25. The molecule has 2 heterocycles. The molecule has 1 saturated heterocycles. The lowest BCUT2D eigenvalue weighted by molar-refractivity contribution is -0.116. The van der Waals surface area contributed by atoms with Crippen LogP contribution in [0.2, 0.25) is 5.02 Å². The zero-order valence-corrected chi connectivity index (χ0v) is 18.2. The maximum absolute atomic E-state index is 12.6. The number of nitrogens with one attached hydrogen (secondary N) is 1. The molecule has 8 heteroatoms. The van der Waals surface area contributed by atoms with Crippen LogP contribution < -0.4 is 10.2 Å². The van der Waals surface area contributed by atoms with Gasteiger partial charge in [0, 0.05) is 44.2 Å². The van der Waals surface area contributed by atoms with Gasteiger partial charge in [-0.05, 0) is 43.8 Å². The highest BCUT2D eigenvalue weighted by Crippen LogP contribution is 2.30. The molecular weight excluding hydrogens is 416 g/mol. The fourth-order valence-electron chi connectivity index (χ4n) is 3.98. The molecule has 2 aromatic rings. The van der Waals surface area contributed by atoms with E-state index < -0.39 is 0 Å². The van der Waals surface area contributed by atoms with Crippen LogP contribution in [0.15, 0.2) is 42.5 Å². The van der Waals surface area contributed by atoms with Gasteiger partial charge in [-0.2, -0.15) is 0 Å². The van der Waals surface area contributed by atoms with Crippen LogP contribution in [0.4, 0.5) is 11.4 Å². The third kappa shape index (κ3) is 4.57. The molecular formula is C23H25ClN4O3. The van der Waals surface area contributed by atoms with E-state index in [0.717, 1.165) is 31.9 Å². The number of carbonyl (C=O) groups is 3. The monoisotopic (exact) mass is 440 g/mol. The molecule has 3 amide bonds. The lowest BCUT2D eigenvalue weighted by Crippen LogP contribution is -2.44. The van der Waals surface area contributed by atoms with Crippen molar-refractivity contribution in [3.05, 3.63) is 58.6 Å². The predicted molar refractivity (Wildman–Crippen MR) is 121 cm³/mol. The van der Waals surface area contributed by atoms with Crippen molar-refractivity contribution in [1.82, 2.24) is 9.80 Å². The van der Waals surface area contributed by atoms with Gasteiger partial charge in [-0.3, -0.25) is 19.3 Å². The maximum Gasteiger partial charge on any atom is 0.261 e. The Morgan fingerprint density at radius 1 is 1.00 bits per heavy atom. The predicted octanol–water partition coefficient (Wildman–Crippen LogP) is 3.11. The van der Waals surface area contributed by atoms with Crippen molar-refractivity contribution < 1.29 is 14.4 Å². The molecule has 31 heavy (non-hydrogen) atoms. The minimum atomic E-state index is -0.298. The summed E-state index contributed by atoms with van der Waals surface area (Å²) < 4.78 is 0. The number of carbonyl (C=O) groups excluding carboxylic acids is 3. The van der Waals surface area contributed by atoms with E-state index in [-0.39, 0.29) is 30.7 Å². The molecule has 4 rings (SSSR count). The van der Waals surface area contributed by atoms with Gasteiger partial charge in [-0.25, -0.2) is 0 Å². The maximum atomic E-state index is 12.6. The number of benzene rings is 2. The van der Waals surface area contributed by atoms with Crippen LogP contribution >= 0.6 is 11.6 Å². The van der Waals surface area contributed by atoms with E-state index in [4.69, 9.17) is 11.6 Å². The average Bonchev–Trinajstić information content (AvgIpc) is 3.00. The molecule has 7 nitrogen and oxygen atoms in total. The smallest absolute Gasteiger partial charge is 0.261 e. The number of nitrogens with zero attached hydrogens (tertiary/aromatic N) is 3. The molecule has 2 aliphatic heterocycles. The van der Waals surface area contributed by atoms with Crippen molar-refractivity contribution in [2.45, 2.75) is 12.8 Å². The van der Waals surface area contributed by atoms with E-state index in [9.17, 15) is 14.4 Å². The van der Waals surface area contributed by atoms with Crippen molar-refractivity contribution in [2.24, 2.45) is 0 Å². The van der Waals surface area contributed by atoms with Crippen LogP contribution in [0.5, 0.6) is 0 Å². The van der Waals surface area contributed by atoms with E-state index in [0.29, 0.717) is 28.3 Å². The molecule has 2 aliphatic rings. The first-order valence-corrected chi connectivity index (χ1v) is 10.8. The van der Waals surface area contributed by atoms with Crippen molar-refractivity contribution in [3.8, 4) is 0 Å². The van der Waals surface area contributed by atoms with Gasteiger partial charge >= 0.3 is 0 Å². The second-order valence-electron chi connectivity index (χ2n) is 7.91. The quantitative estimate of drug-likeness (QED) is 0.699. The highest BCUT2D eigenvalue weighted by atomic mass is 35.5. The summed E-state index contributed by atoms with van der Waals surface area (Å²) in [5, 5.41) is 3.51. The minimum Gasteiger partial charge on any atom is -0.367 e. The SMILES string of the molecule is CN1CCN(c2ccc(Cl)cc2NC(=O)CCCN2C(=O)c3ccccc3C2=O)CC1. The summed E-state index contributed by atoms with van der Waals surface area (Å²) in [6.07, 6.45) is 0.587. The third-order valence-electron chi connectivity index (χ3n) is 5.74. The number of anilines is 2. The van der Waals surface area contributed by atoms with Crippen LogP contribution in [0, 0.1) is 0 Å². The summed E-state index contributed by atoms with van der Waals surface area (Å²) in [6, 6.07) is 12.3. The highest BCUT2D eigenvalue weighted by Gasteiger charge is 2.34. The number of piperazine rings is 1. The van der Waals surface area contributed by atoms with Crippen LogP contribution in [0.1, 0.15) is 33.6 Å². The molecule has 0 aliphatic carbocycles. The topological polar surface area (TPSA) is 73.0 Å². The van der Waals surface area contributed by atoms with Crippen LogP contribution in [0.25, 0.3) is 0 Å². The van der Waals surface area contributed by atoms with Crippen molar-refractivity contribution in [2.75, 3.05) is 50.0 Å². The molecule has 1 N–H and O–H groups in total. The molecule has 2 aromatic carbocycles. The van der Waals surface area contributed by atoms with Gasteiger partial charge in [0.1, 0.15) is 0 Å². The summed E-state index contributed by atoms with van der Waals surface area (Å²) in [4.78, 5) is 43.2. The lowest BCUT2D eigenvalue weighted by Gasteiger charge is -2.35. The summed E-state index contributed by atoms with van der Waals surface area (Å²) in [7, 11) is 2.09. The number of imide groups is 1. The first-order valence-electron chi connectivity index (χ1n) is 10.4. The summed E-state index contributed by atoms with van der Waals surface area (Å²) in [5.74, 6) is -0.768. The molecule has 0 radical (unpaired) electrons. The Hall–Kier alpha value is -2.90. The number of hydrogen-bond acceptors (Lipinski definition) is 5. The first kappa shape index (κ1) is 21.3. The van der Waals surface area contributed by atoms with E-state index >= 15 is 0 Å². The van der Waals surface area contributed by atoms with Gasteiger partial charge in [0.15, 0.2) is 0 Å². The highest BCUT2D eigenvalue weighted by molar-refractivity contribution is 6.31. The lowest BCUT2D eigenvalue weighted by atomic mass is 10.1. The Bertz CT molecular complexity index is 983. The van der Waals surface area contributed by atoms with Crippen LogP contribution in [-0.4, -0.2) is 67.3 Å².